The van der Waals surface area contributed by atoms with Crippen molar-refractivity contribution in [3.63, 3.8) is 0 Å². The molecule has 0 nitrogen and oxygen atoms in total. The van der Waals surface area contributed by atoms with Crippen LogP contribution in [0.3, 0.4) is 0 Å². The monoisotopic (exact) mass is 192 g/mol. The van der Waals surface area contributed by atoms with Gasteiger partial charge in [-0.15, -0.1) is 0 Å². The lowest BCUT2D eigenvalue weighted by molar-refractivity contribution is 0.572. The van der Waals surface area contributed by atoms with Gasteiger partial charge in [-0.1, -0.05) is 44.2 Å². The number of benzene rings is 1. The molecule has 0 radical (unpaired) electrons. The summed E-state index contributed by atoms with van der Waals surface area (Å²) in [6.07, 6.45) is 3.53. The highest BCUT2D eigenvalue weighted by Gasteiger charge is 1.98. The lowest BCUT2D eigenvalue weighted by Crippen LogP contribution is -1.88. The molecule has 0 spiro atoms. The Morgan fingerprint density at radius 2 is 1.93 bits per heavy atom. The molecule has 0 unspecified atom stereocenters. The predicted molar refractivity (Wildman–Crippen MR) is 60.1 cm³/mol. The topological polar surface area (TPSA) is 0 Å². The summed E-state index contributed by atoms with van der Waals surface area (Å²) in [6, 6.07) is 8.03. The van der Waals surface area contributed by atoms with E-state index >= 15 is 0 Å². The summed E-state index contributed by atoms with van der Waals surface area (Å²) in [5, 5.41) is 0. The van der Waals surface area contributed by atoms with Crippen LogP contribution in [0, 0.1) is 0 Å². The van der Waals surface area contributed by atoms with Crippen LogP contribution >= 0.6 is 0 Å². The molecule has 1 aromatic rings. The molecule has 76 valence electrons. The van der Waals surface area contributed by atoms with E-state index in [1.165, 1.54) is 18.4 Å². The van der Waals surface area contributed by atoms with Crippen LogP contribution < -0.4 is 0 Å². The number of alkyl halides is 1. The summed E-state index contributed by atoms with van der Waals surface area (Å²) in [6.45, 7) is 5.38. The second kappa shape index (κ2) is 5.58. The van der Waals surface area contributed by atoms with Crippen LogP contribution in [0.5, 0.6) is 0 Å². The normalized spacial score (nSPS) is 10.1. The molecule has 1 aromatic carbocycles. The first kappa shape index (κ1) is 11.0. The van der Waals surface area contributed by atoms with Crippen LogP contribution in [0.1, 0.15) is 30.9 Å². The average molecular weight is 192 g/mol. The molecule has 0 saturated carbocycles. The zero-order valence-corrected chi connectivity index (χ0v) is 8.72. The smallest absolute Gasteiger partial charge is 0.115 e. The fraction of sp³-hybridized carbons (Fsp3) is 0.385. The number of unbranched alkanes of at least 4 members (excludes halogenated alkanes) is 1. The third kappa shape index (κ3) is 2.99. The fourth-order valence-corrected chi connectivity index (χ4v) is 1.37. The third-order valence-electron chi connectivity index (χ3n) is 2.34. The molecule has 0 fully saturated rings. The van der Waals surface area contributed by atoms with Crippen LogP contribution in [0.4, 0.5) is 4.39 Å². The van der Waals surface area contributed by atoms with E-state index in [0.717, 1.165) is 12.0 Å². The van der Waals surface area contributed by atoms with Gasteiger partial charge in [0.25, 0.3) is 0 Å². The van der Waals surface area contributed by atoms with Crippen molar-refractivity contribution in [3.05, 3.63) is 42.0 Å². The van der Waals surface area contributed by atoms with E-state index in [9.17, 15) is 4.39 Å². The molecule has 0 heterocycles. The summed E-state index contributed by atoms with van der Waals surface area (Å²) >= 11 is 0. The van der Waals surface area contributed by atoms with Gasteiger partial charge in [0.05, 0.1) is 0 Å². The molecule has 0 bridgehead atoms. The first-order valence-electron chi connectivity index (χ1n) is 5.11. The van der Waals surface area contributed by atoms with Crippen LogP contribution in [-0.4, -0.2) is 6.67 Å². The Morgan fingerprint density at radius 3 is 2.43 bits per heavy atom. The molecule has 0 aliphatic carbocycles. The summed E-state index contributed by atoms with van der Waals surface area (Å²) in [4.78, 5) is 0. The van der Waals surface area contributed by atoms with Crippen molar-refractivity contribution in [1.82, 2.24) is 0 Å². The quantitative estimate of drug-likeness (QED) is 0.661. The second-order valence-corrected chi connectivity index (χ2v) is 3.54. The van der Waals surface area contributed by atoms with E-state index in [2.05, 4.69) is 25.6 Å². The second-order valence-electron chi connectivity index (χ2n) is 3.54. The van der Waals surface area contributed by atoms with Gasteiger partial charge >= 0.3 is 0 Å². The largest absolute Gasteiger partial charge is 0.246 e. The van der Waals surface area contributed by atoms with Crippen molar-refractivity contribution in [2.75, 3.05) is 6.67 Å². The van der Waals surface area contributed by atoms with E-state index in [-0.39, 0.29) is 0 Å². The minimum Gasteiger partial charge on any atom is -0.246 e. The molecule has 0 aliphatic heterocycles. The third-order valence-corrected chi connectivity index (χ3v) is 2.34. The maximum atomic E-state index is 12.3. The molecule has 0 atom stereocenters. The Labute approximate surface area is 85.5 Å². The number of halogens is 1. The van der Waals surface area contributed by atoms with E-state index in [1.807, 2.05) is 12.1 Å². The Kier molecular flexibility index (Phi) is 4.37. The summed E-state index contributed by atoms with van der Waals surface area (Å²) in [5.74, 6) is 0. The molecule has 0 aliphatic rings. The van der Waals surface area contributed by atoms with Gasteiger partial charge in [-0.05, 0) is 29.5 Å². The lowest BCUT2D eigenvalue weighted by atomic mass is 10.0. The van der Waals surface area contributed by atoms with Gasteiger partial charge in [0, 0.05) is 0 Å². The zero-order valence-electron chi connectivity index (χ0n) is 8.72. The van der Waals surface area contributed by atoms with Crippen molar-refractivity contribution in [3.8, 4) is 0 Å². The number of rotatable bonds is 5. The van der Waals surface area contributed by atoms with Crippen LogP contribution in [-0.2, 0) is 6.42 Å². The van der Waals surface area contributed by atoms with Gasteiger partial charge in [0.1, 0.15) is 6.67 Å². The standard InChI is InChI=1S/C13H17F/c1-3-4-5-12-6-8-13(9-7-12)11(2)10-14/h6-9H,2-5,10H2,1H3. The molecule has 1 heteroatoms. The van der Waals surface area contributed by atoms with E-state index in [4.69, 9.17) is 0 Å². The predicted octanol–water partition coefficient (Wildman–Crippen LogP) is 4.01. The van der Waals surface area contributed by atoms with Gasteiger partial charge in [-0.25, -0.2) is 4.39 Å². The molecule has 14 heavy (non-hydrogen) atoms. The summed E-state index contributed by atoms with van der Waals surface area (Å²) in [5.41, 5.74) is 2.79. The Morgan fingerprint density at radius 1 is 1.29 bits per heavy atom. The summed E-state index contributed by atoms with van der Waals surface area (Å²) < 4.78 is 12.3. The maximum absolute atomic E-state index is 12.3. The Hall–Kier alpha value is -1.11. The van der Waals surface area contributed by atoms with Gasteiger partial charge in [-0.3, -0.25) is 0 Å². The molecule has 0 saturated heterocycles. The molecular weight excluding hydrogens is 175 g/mol. The summed E-state index contributed by atoms with van der Waals surface area (Å²) in [7, 11) is 0. The first-order chi connectivity index (χ1) is 6.77. The van der Waals surface area contributed by atoms with E-state index in [1.54, 1.807) is 0 Å². The van der Waals surface area contributed by atoms with Gasteiger partial charge < -0.3 is 0 Å². The van der Waals surface area contributed by atoms with Crippen molar-refractivity contribution in [2.45, 2.75) is 26.2 Å². The zero-order chi connectivity index (χ0) is 10.4. The Bertz CT molecular complexity index is 285. The highest BCUT2D eigenvalue weighted by Crippen LogP contribution is 2.14. The lowest BCUT2D eigenvalue weighted by Gasteiger charge is -2.03. The maximum Gasteiger partial charge on any atom is 0.115 e. The van der Waals surface area contributed by atoms with Crippen molar-refractivity contribution >= 4 is 5.57 Å². The SMILES string of the molecule is C=C(CF)c1ccc(CCCC)cc1. The average Bonchev–Trinajstić information content (AvgIpc) is 2.26. The van der Waals surface area contributed by atoms with Gasteiger partial charge in [0.15, 0.2) is 0 Å². The van der Waals surface area contributed by atoms with Crippen molar-refractivity contribution < 1.29 is 4.39 Å². The van der Waals surface area contributed by atoms with Gasteiger partial charge in [0.2, 0.25) is 0 Å². The Balaban J connectivity index is 2.63. The van der Waals surface area contributed by atoms with Crippen LogP contribution in [0.15, 0.2) is 30.8 Å². The molecule has 0 aromatic heterocycles. The van der Waals surface area contributed by atoms with Crippen LogP contribution in [0.25, 0.3) is 5.57 Å². The number of aryl methyl sites for hydroxylation is 1. The number of hydrogen-bond donors (Lipinski definition) is 0. The van der Waals surface area contributed by atoms with Crippen molar-refractivity contribution in [1.29, 1.82) is 0 Å². The van der Waals surface area contributed by atoms with E-state index < -0.39 is 6.67 Å². The number of allylic oxidation sites excluding steroid dienone is 1. The highest BCUT2D eigenvalue weighted by atomic mass is 19.1. The fourth-order valence-electron chi connectivity index (χ4n) is 1.37. The molecule has 0 N–H and O–H groups in total. The minimum absolute atomic E-state index is 0.464. The van der Waals surface area contributed by atoms with Gasteiger partial charge in [-0.2, -0.15) is 0 Å². The van der Waals surface area contributed by atoms with E-state index in [0.29, 0.717) is 5.57 Å². The minimum atomic E-state index is -0.464. The molecular formula is C13H17F. The van der Waals surface area contributed by atoms with Crippen LogP contribution in [0.2, 0.25) is 0 Å². The van der Waals surface area contributed by atoms with Crippen molar-refractivity contribution in [2.24, 2.45) is 0 Å². The highest BCUT2D eigenvalue weighted by molar-refractivity contribution is 5.64. The number of hydrogen-bond acceptors (Lipinski definition) is 0. The first-order valence-corrected chi connectivity index (χ1v) is 5.11. The molecule has 1 rings (SSSR count). The molecule has 0 amide bonds.